The topological polar surface area (TPSA) is 71.6 Å². The van der Waals surface area contributed by atoms with E-state index in [1.807, 2.05) is 7.05 Å². The van der Waals surface area contributed by atoms with Crippen LogP contribution in [0.4, 0.5) is 0 Å². The van der Waals surface area contributed by atoms with E-state index < -0.39 is 0 Å². The van der Waals surface area contributed by atoms with E-state index in [0.717, 1.165) is 13.1 Å². The molecule has 7 heteroatoms. The van der Waals surface area contributed by atoms with Gasteiger partial charge in [-0.3, -0.25) is 9.59 Å². The van der Waals surface area contributed by atoms with E-state index in [0.29, 0.717) is 24.5 Å². The Labute approximate surface area is 127 Å². The molecule has 0 aliphatic carbocycles. The molecule has 1 fully saturated rings. The summed E-state index contributed by atoms with van der Waals surface area (Å²) in [5.74, 6) is 0.486. The Bertz CT molecular complexity index is 700. The minimum atomic E-state index is -0.294. The highest BCUT2D eigenvalue weighted by molar-refractivity contribution is 5.76. The maximum absolute atomic E-state index is 12.3. The Balaban J connectivity index is 1.76. The van der Waals surface area contributed by atoms with Gasteiger partial charge in [-0.2, -0.15) is 5.10 Å². The van der Waals surface area contributed by atoms with E-state index >= 15 is 0 Å². The first-order valence-corrected chi connectivity index (χ1v) is 7.22. The number of amides is 1. The van der Waals surface area contributed by atoms with Crippen molar-refractivity contribution in [2.75, 3.05) is 33.2 Å². The molecule has 0 unspecified atom stereocenters. The summed E-state index contributed by atoms with van der Waals surface area (Å²) in [5.41, 5.74) is 0.244. The van der Waals surface area contributed by atoms with E-state index in [2.05, 4.69) is 10.00 Å². The second-order valence-corrected chi connectivity index (χ2v) is 5.38. The summed E-state index contributed by atoms with van der Waals surface area (Å²) in [6.45, 7) is 3.02. The van der Waals surface area contributed by atoms with Crippen LogP contribution >= 0.6 is 0 Å². The lowest BCUT2D eigenvalue weighted by Crippen LogP contribution is -2.48. The van der Waals surface area contributed by atoms with Crippen LogP contribution < -0.4 is 5.56 Å². The highest BCUT2D eigenvalue weighted by Crippen LogP contribution is 2.15. The highest BCUT2D eigenvalue weighted by atomic mass is 16.3. The summed E-state index contributed by atoms with van der Waals surface area (Å²) >= 11 is 0. The van der Waals surface area contributed by atoms with Crippen molar-refractivity contribution in [3.8, 4) is 11.5 Å². The molecule has 1 aliphatic heterocycles. The number of carbonyl (C=O) groups excluding carboxylic acids is 1. The summed E-state index contributed by atoms with van der Waals surface area (Å²) in [7, 11) is 2.03. The van der Waals surface area contributed by atoms with Gasteiger partial charge in [-0.15, -0.1) is 0 Å². The van der Waals surface area contributed by atoms with Crippen molar-refractivity contribution in [1.82, 2.24) is 19.6 Å². The van der Waals surface area contributed by atoms with Gasteiger partial charge in [-0.1, -0.05) is 0 Å². The molecule has 0 atom stereocenters. The predicted octanol–water partition coefficient (Wildman–Crippen LogP) is 0.277. The number of hydrogen-bond donors (Lipinski definition) is 0. The Hall–Kier alpha value is -2.41. The Morgan fingerprint density at radius 3 is 2.68 bits per heavy atom. The third-order valence-electron chi connectivity index (χ3n) is 3.78. The van der Waals surface area contributed by atoms with Crippen LogP contribution in [0.25, 0.3) is 11.5 Å². The summed E-state index contributed by atoms with van der Waals surface area (Å²) in [4.78, 5) is 28.2. The molecule has 22 heavy (non-hydrogen) atoms. The molecule has 0 N–H and O–H groups in total. The zero-order chi connectivity index (χ0) is 15.5. The van der Waals surface area contributed by atoms with Crippen molar-refractivity contribution in [3.05, 3.63) is 40.9 Å². The first-order valence-electron chi connectivity index (χ1n) is 7.22. The first kappa shape index (κ1) is 14.5. The monoisotopic (exact) mass is 302 g/mol. The number of nitrogens with zero attached hydrogens (tertiary/aromatic N) is 4. The van der Waals surface area contributed by atoms with E-state index in [-0.39, 0.29) is 18.0 Å². The second kappa shape index (κ2) is 6.15. The molecule has 2 aromatic heterocycles. The number of aromatic nitrogens is 2. The maximum Gasteiger partial charge on any atom is 0.267 e. The average molecular weight is 302 g/mol. The van der Waals surface area contributed by atoms with Crippen molar-refractivity contribution in [3.63, 3.8) is 0 Å². The summed E-state index contributed by atoms with van der Waals surface area (Å²) in [6, 6.07) is 6.52. The van der Waals surface area contributed by atoms with Gasteiger partial charge in [0.2, 0.25) is 5.91 Å². The molecule has 1 saturated heterocycles. The fraction of sp³-hybridized carbons (Fsp3) is 0.400. The van der Waals surface area contributed by atoms with E-state index in [1.165, 1.54) is 10.7 Å². The molecule has 3 rings (SSSR count). The molecule has 1 amide bonds. The maximum atomic E-state index is 12.3. The molecule has 0 spiro atoms. The Morgan fingerprint density at radius 2 is 2.00 bits per heavy atom. The summed E-state index contributed by atoms with van der Waals surface area (Å²) in [6.07, 6.45) is 1.54. The number of hydrogen-bond acceptors (Lipinski definition) is 5. The van der Waals surface area contributed by atoms with E-state index in [1.54, 1.807) is 29.4 Å². The van der Waals surface area contributed by atoms with Crippen LogP contribution in [-0.2, 0) is 11.3 Å². The van der Waals surface area contributed by atoms with Gasteiger partial charge in [0.15, 0.2) is 5.76 Å². The summed E-state index contributed by atoms with van der Waals surface area (Å²) < 4.78 is 6.46. The van der Waals surface area contributed by atoms with Crippen LogP contribution in [0.1, 0.15) is 0 Å². The molecule has 0 radical (unpaired) electrons. The standard InChI is InChI=1S/C15H18N4O3/c1-17-6-8-18(9-7-17)15(21)11-19-14(20)5-4-12(16-19)13-3-2-10-22-13/h2-5,10H,6-9,11H2,1H3. The van der Waals surface area contributed by atoms with Crippen LogP contribution in [0.5, 0.6) is 0 Å². The number of piperazine rings is 1. The Morgan fingerprint density at radius 1 is 1.23 bits per heavy atom. The van der Waals surface area contributed by atoms with Crippen LogP contribution in [0.3, 0.4) is 0 Å². The highest BCUT2D eigenvalue weighted by Gasteiger charge is 2.20. The lowest BCUT2D eigenvalue weighted by molar-refractivity contribution is -0.133. The molecule has 2 aromatic rings. The Kier molecular flexibility index (Phi) is 4.06. The van der Waals surface area contributed by atoms with Crippen molar-refractivity contribution >= 4 is 5.91 Å². The molecular formula is C15H18N4O3. The van der Waals surface area contributed by atoms with E-state index in [4.69, 9.17) is 4.42 Å². The zero-order valence-electron chi connectivity index (χ0n) is 12.4. The number of likely N-dealkylation sites (N-methyl/N-ethyl adjacent to an activating group) is 1. The molecule has 0 saturated carbocycles. The van der Waals surface area contributed by atoms with Gasteiger partial charge < -0.3 is 14.2 Å². The molecule has 0 aromatic carbocycles. The van der Waals surface area contributed by atoms with Crippen LogP contribution in [0, 0.1) is 0 Å². The van der Waals surface area contributed by atoms with E-state index in [9.17, 15) is 9.59 Å². The van der Waals surface area contributed by atoms with Crippen LogP contribution in [0.15, 0.2) is 39.7 Å². The van der Waals surface area contributed by atoms with Gasteiger partial charge in [0.05, 0.1) is 6.26 Å². The van der Waals surface area contributed by atoms with Crippen LogP contribution in [0.2, 0.25) is 0 Å². The first-order chi connectivity index (χ1) is 10.6. The minimum Gasteiger partial charge on any atom is -0.463 e. The van der Waals surface area contributed by atoms with Crippen molar-refractivity contribution in [2.24, 2.45) is 0 Å². The van der Waals surface area contributed by atoms with Crippen molar-refractivity contribution in [1.29, 1.82) is 0 Å². The van der Waals surface area contributed by atoms with Gasteiger partial charge in [0, 0.05) is 32.2 Å². The van der Waals surface area contributed by atoms with Crippen molar-refractivity contribution in [2.45, 2.75) is 6.54 Å². The third-order valence-corrected chi connectivity index (χ3v) is 3.78. The third kappa shape index (κ3) is 3.09. The minimum absolute atomic E-state index is 0.0445. The molecular weight excluding hydrogens is 284 g/mol. The number of furan rings is 1. The average Bonchev–Trinajstić information content (AvgIpc) is 3.04. The number of rotatable bonds is 3. The fourth-order valence-corrected chi connectivity index (χ4v) is 2.40. The molecule has 0 bridgehead atoms. The van der Waals surface area contributed by atoms with Crippen LogP contribution in [-0.4, -0.2) is 58.7 Å². The van der Waals surface area contributed by atoms with Gasteiger partial charge in [0.25, 0.3) is 5.56 Å². The second-order valence-electron chi connectivity index (χ2n) is 5.38. The van der Waals surface area contributed by atoms with Crippen molar-refractivity contribution < 1.29 is 9.21 Å². The molecule has 3 heterocycles. The fourth-order valence-electron chi connectivity index (χ4n) is 2.40. The molecule has 7 nitrogen and oxygen atoms in total. The normalized spacial score (nSPS) is 16.0. The van der Waals surface area contributed by atoms with Gasteiger partial charge in [-0.25, -0.2) is 4.68 Å². The summed E-state index contributed by atoms with van der Waals surface area (Å²) in [5, 5.41) is 4.22. The quantitative estimate of drug-likeness (QED) is 0.814. The zero-order valence-corrected chi connectivity index (χ0v) is 12.4. The lowest BCUT2D eigenvalue weighted by atomic mass is 10.3. The lowest BCUT2D eigenvalue weighted by Gasteiger charge is -2.32. The smallest absolute Gasteiger partial charge is 0.267 e. The molecule has 116 valence electrons. The van der Waals surface area contributed by atoms with Gasteiger partial charge >= 0.3 is 0 Å². The van der Waals surface area contributed by atoms with Gasteiger partial charge in [-0.05, 0) is 25.2 Å². The molecule has 1 aliphatic rings. The SMILES string of the molecule is CN1CCN(C(=O)Cn2nc(-c3ccco3)ccc2=O)CC1. The largest absolute Gasteiger partial charge is 0.463 e. The number of carbonyl (C=O) groups is 1. The van der Waals surface area contributed by atoms with Gasteiger partial charge in [0.1, 0.15) is 12.2 Å². The predicted molar refractivity (Wildman–Crippen MR) is 80.3 cm³/mol.